The molecule has 1 aliphatic heterocycles. The maximum Gasteiger partial charge on any atom is 0.320 e. The molecule has 2 rings (SSSR count). The summed E-state index contributed by atoms with van der Waals surface area (Å²) in [7, 11) is 0. The number of hydrogen-bond acceptors (Lipinski definition) is 4. The van der Waals surface area contributed by atoms with Gasteiger partial charge in [-0.1, -0.05) is 12.0 Å². The van der Waals surface area contributed by atoms with Crippen LogP contribution in [0.3, 0.4) is 0 Å². The van der Waals surface area contributed by atoms with Crippen LogP contribution in [0, 0.1) is 11.8 Å². The van der Waals surface area contributed by atoms with Gasteiger partial charge in [-0.2, -0.15) is 0 Å². The summed E-state index contributed by atoms with van der Waals surface area (Å²) in [6.07, 6.45) is 0.836. The number of carbonyl (C=O) groups excluding carboxylic acids is 1. The first-order chi connectivity index (χ1) is 9.28. The van der Waals surface area contributed by atoms with Gasteiger partial charge in [0, 0.05) is 6.61 Å². The molecule has 1 aliphatic rings. The fourth-order valence-electron chi connectivity index (χ4n) is 1.70. The first-order valence-corrected chi connectivity index (χ1v) is 6.09. The van der Waals surface area contributed by atoms with Crippen molar-refractivity contribution in [3.05, 3.63) is 23.9 Å². The molecule has 100 valence electrons. The highest BCUT2D eigenvalue weighted by Crippen LogP contribution is 2.06. The van der Waals surface area contributed by atoms with Crippen molar-refractivity contribution in [3.63, 3.8) is 0 Å². The van der Waals surface area contributed by atoms with Crippen molar-refractivity contribution in [2.24, 2.45) is 5.73 Å². The molecule has 0 saturated carbocycles. The van der Waals surface area contributed by atoms with Crippen LogP contribution < -0.4 is 16.4 Å². The number of aromatic nitrogens is 1. The van der Waals surface area contributed by atoms with Gasteiger partial charge in [0.05, 0.1) is 19.2 Å². The molecule has 1 atom stereocenters. The smallest absolute Gasteiger partial charge is 0.320 e. The average molecular weight is 260 g/mol. The van der Waals surface area contributed by atoms with Crippen LogP contribution in [0.1, 0.15) is 12.1 Å². The molecule has 1 fully saturated rings. The van der Waals surface area contributed by atoms with Crippen LogP contribution in [0.4, 0.5) is 10.6 Å². The summed E-state index contributed by atoms with van der Waals surface area (Å²) < 4.78 is 5.18. The second-order valence-corrected chi connectivity index (χ2v) is 4.07. The zero-order valence-electron chi connectivity index (χ0n) is 10.5. The topological polar surface area (TPSA) is 89.3 Å². The van der Waals surface area contributed by atoms with E-state index in [4.69, 9.17) is 10.5 Å². The second kappa shape index (κ2) is 6.73. The Kier molecular flexibility index (Phi) is 4.72. The Balaban J connectivity index is 1.92. The van der Waals surface area contributed by atoms with Crippen molar-refractivity contribution in [2.45, 2.75) is 12.5 Å². The molecular formula is C13H16N4O2. The number of carbonyl (C=O) groups is 1. The van der Waals surface area contributed by atoms with Crippen LogP contribution >= 0.6 is 0 Å². The van der Waals surface area contributed by atoms with E-state index < -0.39 is 0 Å². The number of urea groups is 1. The number of rotatable bonds is 2. The van der Waals surface area contributed by atoms with Crippen molar-refractivity contribution >= 4 is 11.8 Å². The number of ether oxygens (including phenoxy) is 1. The monoisotopic (exact) mass is 260 g/mol. The van der Waals surface area contributed by atoms with Crippen LogP contribution in [-0.2, 0) is 4.74 Å². The Morgan fingerprint density at radius 1 is 1.58 bits per heavy atom. The molecule has 1 saturated heterocycles. The lowest BCUT2D eigenvalue weighted by molar-refractivity contribution is 0.189. The highest BCUT2D eigenvalue weighted by Gasteiger charge is 2.17. The highest BCUT2D eigenvalue weighted by molar-refractivity contribution is 5.88. The molecule has 1 unspecified atom stereocenters. The van der Waals surface area contributed by atoms with Crippen molar-refractivity contribution in [1.29, 1.82) is 0 Å². The summed E-state index contributed by atoms with van der Waals surface area (Å²) in [4.78, 5) is 15.9. The first-order valence-electron chi connectivity index (χ1n) is 6.09. The number of nitrogens with two attached hydrogens (primary N) is 1. The average Bonchev–Trinajstić information content (AvgIpc) is 2.89. The van der Waals surface area contributed by atoms with Crippen molar-refractivity contribution in [1.82, 2.24) is 10.3 Å². The molecular weight excluding hydrogens is 244 g/mol. The minimum absolute atomic E-state index is 0.0696. The number of hydrogen-bond donors (Lipinski definition) is 3. The van der Waals surface area contributed by atoms with Gasteiger partial charge < -0.3 is 15.8 Å². The van der Waals surface area contributed by atoms with Crippen molar-refractivity contribution < 1.29 is 9.53 Å². The van der Waals surface area contributed by atoms with Gasteiger partial charge in [0.1, 0.15) is 11.5 Å². The van der Waals surface area contributed by atoms with Gasteiger partial charge in [0.25, 0.3) is 0 Å². The van der Waals surface area contributed by atoms with E-state index in [2.05, 4.69) is 27.5 Å². The van der Waals surface area contributed by atoms with Gasteiger partial charge >= 0.3 is 6.03 Å². The molecule has 0 radical (unpaired) electrons. The van der Waals surface area contributed by atoms with Gasteiger partial charge in [0.2, 0.25) is 0 Å². The Hall–Kier alpha value is -2.10. The number of nitrogens with zero attached hydrogens (tertiary/aromatic N) is 1. The summed E-state index contributed by atoms with van der Waals surface area (Å²) in [6, 6.07) is 5.03. The van der Waals surface area contributed by atoms with Gasteiger partial charge in [-0.05, 0) is 24.5 Å². The van der Waals surface area contributed by atoms with E-state index in [1.54, 1.807) is 18.2 Å². The Bertz CT molecular complexity index is 501. The fraction of sp³-hybridized carbons (Fsp3) is 0.385. The van der Waals surface area contributed by atoms with Gasteiger partial charge in [-0.25, -0.2) is 9.78 Å². The maximum absolute atomic E-state index is 11.7. The third-order valence-electron chi connectivity index (χ3n) is 2.57. The predicted octanol–water partition coefficient (Wildman–Crippen LogP) is 0.302. The summed E-state index contributed by atoms with van der Waals surface area (Å²) in [5.74, 6) is 5.99. The number of nitrogens with one attached hydrogen (secondary N) is 2. The minimum Gasteiger partial charge on any atom is -0.379 e. The van der Waals surface area contributed by atoms with Crippen LogP contribution in [0.5, 0.6) is 0 Å². The van der Waals surface area contributed by atoms with E-state index in [0.717, 1.165) is 6.42 Å². The predicted molar refractivity (Wildman–Crippen MR) is 71.5 cm³/mol. The van der Waals surface area contributed by atoms with Crippen LogP contribution in [0.25, 0.3) is 0 Å². The highest BCUT2D eigenvalue weighted by atomic mass is 16.5. The molecule has 6 nitrogen and oxygen atoms in total. The second-order valence-electron chi connectivity index (χ2n) is 4.07. The molecule has 0 aromatic carbocycles. The number of pyridine rings is 1. The van der Waals surface area contributed by atoms with Gasteiger partial charge in [-0.3, -0.25) is 5.32 Å². The molecule has 1 aromatic rings. The molecule has 0 bridgehead atoms. The molecule has 6 heteroatoms. The Morgan fingerprint density at radius 2 is 2.47 bits per heavy atom. The quantitative estimate of drug-likeness (QED) is 0.667. The number of anilines is 1. The molecule has 2 amide bonds. The van der Waals surface area contributed by atoms with E-state index in [-0.39, 0.29) is 18.6 Å². The lowest BCUT2D eigenvalue weighted by Gasteiger charge is -2.11. The maximum atomic E-state index is 11.7. The Morgan fingerprint density at radius 3 is 3.21 bits per heavy atom. The SMILES string of the molecule is NCC#Cc1cccc(NC(=O)NC2CCOC2)n1. The van der Waals surface area contributed by atoms with Gasteiger partial charge in [-0.15, -0.1) is 0 Å². The van der Waals surface area contributed by atoms with Crippen LogP contribution in [0.2, 0.25) is 0 Å². The summed E-state index contributed by atoms with van der Waals surface area (Å²) in [5, 5.41) is 5.49. The van der Waals surface area contributed by atoms with E-state index in [0.29, 0.717) is 24.7 Å². The lowest BCUT2D eigenvalue weighted by atomic mass is 10.3. The number of amides is 2. The fourth-order valence-corrected chi connectivity index (χ4v) is 1.70. The molecule has 0 spiro atoms. The normalized spacial score (nSPS) is 17.4. The summed E-state index contributed by atoms with van der Waals surface area (Å²) >= 11 is 0. The van der Waals surface area contributed by atoms with Crippen LogP contribution in [0.15, 0.2) is 18.2 Å². The minimum atomic E-state index is -0.285. The van der Waals surface area contributed by atoms with E-state index >= 15 is 0 Å². The molecule has 0 aliphatic carbocycles. The van der Waals surface area contributed by atoms with Gasteiger partial charge in [0.15, 0.2) is 0 Å². The van der Waals surface area contributed by atoms with Crippen LogP contribution in [-0.4, -0.2) is 36.8 Å². The Labute approximate surface area is 111 Å². The largest absolute Gasteiger partial charge is 0.379 e. The molecule has 4 N–H and O–H groups in total. The zero-order chi connectivity index (χ0) is 13.5. The van der Waals surface area contributed by atoms with E-state index in [1.165, 1.54) is 0 Å². The summed E-state index contributed by atoms with van der Waals surface area (Å²) in [6.45, 7) is 1.53. The lowest BCUT2D eigenvalue weighted by Crippen LogP contribution is -2.38. The summed E-state index contributed by atoms with van der Waals surface area (Å²) in [5.41, 5.74) is 5.87. The van der Waals surface area contributed by atoms with E-state index in [1.807, 2.05) is 0 Å². The zero-order valence-corrected chi connectivity index (χ0v) is 10.5. The van der Waals surface area contributed by atoms with E-state index in [9.17, 15) is 4.79 Å². The molecule has 19 heavy (non-hydrogen) atoms. The first kappa shape index (κ1) is 13.3. The third-order valence-corrected chi connectivity index (χ3v) is 2.57. The molecule has 2 heterocycles. The standard InChI is InChI=1S/C13H16N4O2/c14-7-2-4-10-3-1-5-12(15-10)17-13(18)16-11-6-8-19-9-11/h1,3,5,11H,6-9,14H2,(H2,15,16,17,18). The third kappa shape index (κ3) is 4.25. The molecule has 1 aromatic heterocycles. The van der Waals surface area contributed by atoms with Crippen molar-refractivity contribution in [3.8, 4) is 11.8 Å². The van der Waals surface area contributed by atoms with Crippen molar-refractivity contribution in [2.75, 3.05) is 25.1 Å².